The molecule has 0 bridgehead atoms. The summed E-state index contributed by atoms with van der Waals surface area (Å²) in [5.41, 5.74) is 0.718. The molecule has 0 unspecified atom stereocenters. The van der Waals surface area contributed by atoms with Crippen LogP contribution in [0.4, 0.5) is 5.69 Å². The van der Waals surface area contributed by atoms with E-state index in [2.05, 4.69) is 41.6 Å². The number of rotatable bonds is 2. The van der Waals surface area contributed by atoms with Gasteiger partial charge in [-0.15, -0.1) is 0 Å². The number of carbonyl (C=O) groups excluding carboxylic acids is 1. The number of anilines is 1. The number of nitrogens with one attached hydrogen (secondary N) is 2. The van der Waals surface area contributed by atoms with E-state index in [1.165, 1.54) is 12.4 Å². The Kier molecular flexibility index (Phi) is 3.16. The largest absolute Gasteiger partial charge is 0.319 e. The summed E-state index contributed by atoms with van der Waals surface area (Å²) < 4.78 is 0.604. The number of hydrogen-bond acceptors (Lipinski definition) is 4. The van der Waals surface area contributed by atoms with Crippen molar-refractivity contribution in [1.29, 1.82) is 0 Å². The van der Waals surface area contributed by atoms with E-state index in [0.717, 1.165) is 0 Å². The highest BCUT2D eigenvalue weighted by Crippen LogP contribution is 2.22. The van der Waals surface area contributed by atoms with Crippen LogP contribution in [0.15, 0.2) is 22.9 Å². The molecule has 6 nitrogen and oxygen atoms in total. The Morgan fingerprint density at radius 2 is 2.31 bits per heavy atom. The molecule has 0 saturated carbocycles. The number of nitrogens with zero attached hydrogens (tertiary/aromatic N) is 3. The van der Waals surface area contributed by atoms with Crippen LogP contribution in [0.3, 0.4) is 0 Å². The van der Waals surface area contributed by atoms with Gasteiger partial charge in [-0.1, -0.05) is 11.6 Å². The van der Waals surface area contributed by atoms with E-state index in [4.69, 9.17) is 11.6 Å². The van der Waals surface area contributed by atoms with Crippen LogP contribution in [-0.4, -0.2) is 26.3 Å². The van der Waals surface area contributed by atoms with Gasteiger partial charge >= 0.3 is 0 Å². The van der Waals surface area contributed by atoms with E-state index in [1.54, 1.807) is 6.07 Å². The van der Waals surface area contributed by atoms with E-state index in [1.807, 2.05) is 0 Å². The molecule has 0 aliphatic carbocycles. The molecular weight excluding hydrogens is 297 g/mol. The summed E-state index contributed by atoms with van der Waals surface area (Å²) in [6.45, 7) is 0. The predicted octanol–water partition coefficient (Wildman–Crippen LogP) is 1.87. The van der Waals surface area contributed by atoms with Gasteiger partial charge in [-0.25, -0.2) is 4.98 Å². The van der Waals surface area contributed by atoms with E-state index < -0.39 is 0 Å². The summed E-state index contributed by atoms with van der Waals surface area (Å²) >= 11 is 8.92. The van der Waals surface area contributed by atoms with E-state index >= 15 is 0 Å². The number of carbonyl (C=O) groups is 1. The predicted molar refractivity (Wildman–Crippen MR) is 61.3 cm³/mol. The fourth-order valence-corrected chi connectivity index (χ4v) is 1.45. The average molecular weight is 303 g/mol. The highest BCUT2D eigenvalue weighted by Gasteiger charge is 2.09. The summed E-state index contributed by atoms with van der Waals surface area (Å²) in [6, 6.07) is 1.65. The molecule has 0 saturated heterocycles. The number of halogens is 2. The molecule has 2 aromatic rings. The molecule has 0 aromatic carbocycles. The van der Waals surface area contributed by atoms with Crippen LogP contribution >= 0.6 is 27.5 Å². The number of H-pyrrole nitrogens is 1. The van der Waals surface area contributed by atoms with Crippen molar-refractivity contribution >= 4 is 39.1 Å². The molecular formula is C8H5BrClN5O. The monoisotopic (exact) mass is 301 g/mol. The van der Waals surface area contributed by atoms with Crippen LogP contribution in [-0.2, 0) is 0 Å². The zero-order valence-electron chi connectivity index (χ0n) is 7.74. The lowest BCUT2D eigenvalue weighted by Crippen LogP contribution is -2.12. The van der Waals surface area contributed by atoms with Crippen molar-refractivity contribution in [1.82, 2.24) is 20.4 Å². The van der Waals surface area contributed by atoms with Crippen molar-refractivity contribution in [3.63, 3.8) is 0 Å². The Hall–Kier alpha value is -1.47. The van der Waals surface area contributed by atoms with Crippen molar-refractivity contribution in [2.24, 2.45) is 0 Å². The number of hydrogen-bond donors (Lipinski definition) is 2. The van der Waals surface area contributed by atoms with Crippen LogP contribution in [0.2, 0.25) is 5.15 Å². The van der Waals surface area contributed by atoms with Crippen molar-refractivity contribution in [3.05, 3.63) is 33.8 Å². The van der Waals surface area contributed by atoms with E-state index in [0.29, 0.717) is 15.3 Å². The summed E-state index contributed by atoms with van der Waals surface area (Å²) in [5.74, 6) is -0.371. The minimum absolute atomic E-state index is 0.200. The van der Waals surface area contributed by atoms with Gasteiger partial charge in [0.25, 0.3) is 5.91 Å². The van der Waals surface area contributed by atoms with Crippen LogP contribution in [0.1, 0.15) is 10.5 Å². The smallest absolute Gasteiger partial charge is 0.277 e. The van der Waals surface area contributed by atoms with Gasteiger partial charge in [-0.2, -0.15) is 15.4 Å². The molecule has 0 atom stereocenters. The van der Waals surface area contributed by atoms with Crippen molar-refractivity contribution in [2.75, 3.05) is 5.32 Å². The first-order valence-electron chi connectivity index (χ1n) is 4.15. The molecule has 2 aromatic heterocycles. The number of pyridine rings is 1. The van der Waals surface area contributed by atoms with Crippen LogP contribution in [0, 0.1) is 0 Å². The normalized spacial score (nSPS) is 10.1. The molecule has 8 heteroatoms. The summed E-state index contributed by atoms with van der Waals surface area (Å²) in [4.78, 5) is 15.4. The molecule has 2 N–H and O–H groups in total. The Bertz CT molecular complexity index is 515. The summed E-state index contributed by atoms with van der Waals surface area (Å²) in [5, 5.41) is 12.5. The first-order valence-corrected chi connectivity index (χ1v) is 5.32. The molecule has 0 aliphatic rings. The third-order valence-corrected chi connectivity index (χ3v) is 2.84. The maximum Gasteiger partial charge on any atom is 0.277 e. The molecule has 1 amide bonds. The van der Waals surface area contributed by atoms with Gasteiger partial charge in [0, 0.05) is 0 Å². The second-order valence-corrected chi connectivity index (χ2v) is 4.02. The number of aromatic nitrogens is 4. The summed E-state index contributed by atoms with van der Waals surface area (Å²) in [7, 11) is 0. The van der Waals surface area contributed by atoms with Gasteiger partial charge in [0.05, 0.1) is 22.6 Å². The molecule has 82 valence electrons. The maximum atomic E-state index is 11.6. The van der Waals surface area contributed by atoms with E-state index in [9.17, 15) is 4.79 Å². The molecule has 0 radical (unpaired) electrons. The lowest BCUT2D eigenvalue weighted by atomic mass is 10.4. The maximum absolute atomic E-state index is 11.6. The molecule has 2 rings (SSSR count). The quantitative estimate of drug-likeness (QED) is 0.830. The second kappa shape index (κ2) is 4.58. The lowest BCUT2D eigenvalue weighted by Gasteiger charge is -2.03. The Labute approximate surface area is 104 Å². The van der Waals surface area contributed by atoms with E-state index in [-0.39, 0.29) is 11.6 Å². The zero-order valence-corrected chi connectivity index (χ0v) is 10.1. The zero-order chi connectivity index (χ0) is 11.5. The lowest BCUT2D eigenvalue weighted by molar-refractivity contribution is 0.102. The van der Waals surface area contributed by atoms with Gasteiger partial charge in [0.2, 0.25) is 0 Å². The van der Waals surface area contributed by atoms with Crippen molar-refractivity contribution in [3.8, 4) is 0 Å². The minimum Gasteiger partial charge on any atom is -0.319 e. The number of aromatic amines is 1. The first-order chi connectivity index (χ1) is 7.66. The fraction of sp³-hybridized carbons (Fsp3) is 0. The van der Waals surface area contributed by atoms with Crippen molar-refractivity contribution in [2.45, 2.75) is 0 Å². The third kappa shape index (κ3) is 2.37. The molecule has 2 heterocycles. The first kappa shape index (κ1) is 11.0. The number of amides is 1. The molecule has 0 fully saturated rings. The highest BCUT2D eigenvalue weighted by atomic mass is 79.9. The van der Waals surface area contributed by atoms with Gasteiger partial charge in [0.1, 0.15) is 5.15 Å². The second-order valence-electron chi connectivity index (χ2n) is 2.81. The van der Waals surface area contributed by atoms with Crippen LogP contribution < -0.4 is 5.32 Å². The van der Waals surface area contributed by atoms with Gasteiger partial charge < -0.3 is 5.32 Å². The summed E-state index contributed by atoms with van der Waals surface area (Å²) in [6.07, 6.45) is 2.78. The SMILES string of the molecule is O=C(Nc1cnc(Cl)c(Br)c1)c1cn[nH]n1. The average Bonchev–Trinajstić information content (AvgIpc) is 2.77. The van der Waals surface area contributed by atoms with Gasteiger partial charge in [0.15, 0.2) is 5.69 Å². The van der Waals surface area contributed by atoms with Crippen molar-refractivity contribution < 1.29 is 4.79 Å². The minimum atomic E-state index is -0.371. The molecule has 16 heavy (non-hydrogen) atoms. The van der Waals surface area contributed by atoms with Crippen LogP contribution in [0.5, 0.6) is 0 Å². The fourth-order valence-electron chi connectivity index (χ4n) is 0.996. The standard InChI is InChI=1S/C8H5BrClN5O/c9-5-1-4(2-11-7(5)10)13-8(16)6-3-12-15-14-6/h1-3H,(H,13,16)(H,12,14,15). The molecule has 0 aliphatic heterocycles. The Morgan fingerprint density at radius 1 is 1.50 bits per heavy atom. The Balaban J connectivity index is 2.15. The Morgan fingerprint density at radius 3 is 2.94 bits per heavy atom. The van der Waals surface area contributed by atoms with Crippen LogP contribution in [0.25, 0.3) is 0 Å². The van der Waals surface area contributed by atoms with Gasteiger partial charge in [-0.05, 0) is 22.0 Å². The topological polar surface area (TPSA) is 83.6 Å². The van der Waals surface area contributed by atoms with Gasteiger partial charge in [-0.3, -0.25) is 4.79 Å². The third-order valence-electron chi connectivity index (χ3n) is 1.70. The molecule has 0 spiro atoms. The highest BCUT2D eigenvalue weighted by molar-refractivity contribution is 9.10.